The van der Waals surface area contributed by atoms with Crippen molar-refractivity contribution in [2.24, 2.45) is 5.73 Å². The molecule has 4 nitrogen and oxygen atoms in total. The molecular weight excluding hydrogens is 229 g/mol. The molecule has 0 saturated carbocycles. The minimum atomic E-state index is -1.51. The second kappa shape index (κ2) is 5.04. The lowest BCUT2D eigenvalue weighted by Gasteiger charge is -2.06. The summed E-state index contributed by atoms with van der Waals surface area (Å²) in [6.07, 6.45) is 0. The Kier molecular flexibility index (Phi) is 3.46. The predicted molar refractivity (Wildman–Crippen MR) is 78.7 cm³/mol. The Balaban J connectivity index is -0.000000902. The predicted octanol–water partition coefficient (Wildman–Crippen LogP) is 1.12. The van der Waals surface area contributed by atoms with Crippen molar-refractivity contribution in [1.82, 2.24) is 0 Å². The molecule has 0 heterocycles. The summed E-state index contributed by atoms with van der Waals surface area (Å²) >= 11 is 0. The van der Waals surface area contributed by atoms with Gasteiger partial charge in [0, 0.05) is 11.3 Å². The second-order valence-electron chi connectivity index (χ2n) is 3.94. The van der Waals surface area contributed by atoms with Crippen LogP contribution in [0.2, 0.25) is 0 Å². The summed E-state index contributed by atoms with van der Waals surface area (Å²) in [5, 5.41) is 18.2. The second-order valence-corrected chi connectivity index (χ2v) is 3.94. The van der Waals surface area contributed by atoms with Crippen LogP contribution in [0.4, 0.5) is 0 Å². The van der Waals surface area contributed by atoms with E-state index in [1.807, 2.05) is 12.1 Å². The zero-order valence-corrected chi connectivity index (χ0v) is 9.58. The van der Waals surface area contributed by atoms with Crippen molar-refractivity contribution in [2.45, 2.75) is 0 Å². The van der Waals surface area contributed by atoms with E-state index >= 15 is 0 Å². The maximum atomic E-state index is 11.1. The zero-order chi connectivity index (χ0) is 13.1. The van der Waals surface area contributed by atoms with E-state index in [0.29, 0.717) is 11.0 Å². The molecule has 0 fully saturated rings. The van der Waals surface area contributed by atoms with Gasteiger partial charge in [-0.3, -0.25) is 4.79 Å². The summed E-state index contributed by atoms with van der Waals surface area (Å²) in [7, 11) is -1.51. The fourth-order valence-electron chi connectivity index (χ4n) is 1.73. The van der Waals surface area contributed by atoms with Crippen molar-refractivity contribution >= 4 is 18.5 Å². The summed E-state index contributed by atoms with van der Waals surface area (Å²) < 4.78 is 0. The number of primary amides is 1. The summed E-state index contributed by atoms with van der Waals surface area (Å²) in [6, 6.07) is 13.7. The number of nitrogens with two attached hydrogens (primary N) is 1. The van der Waals surface area contributed by atoms with Crippen LogP contribution in [0.25, 0.3) is 11.1 Å². The van der Waals surface area contributed by atoms with Crippen LogP contribution >= 0.6 is 0 Å². The van der Waals surface area contributed by atoms with Crippen LogP contribution in [0.1, 0.15) is 16.1 Å². The van der Waals surface area contributed by atoms with Crippen LogP contribution in [0, 0.1) is 0 Å². The fourth-order valence-corrected chi connectivity index (χ4v) is 1.73. The summed E-state index contributed by atoms with van der Waals surface area (Å²) in [4.78, 5) is 11.1. The molecule has 2 rings (SSSR count). The molecule has 0 aliphatic heterocycles. The molecule has 18 heavy (non-hydrogen) atoms. The normalized spacial score (nSPS) is 10.1. The first-order chi connectivity index (χ1) is 8.58. The third-order valence-electron chi connectivity index (χ3n) is 2.67. The van der Waals surface area contributed by atoms with E-state index in [2.05, 4.69) is 0 Å². The lowest BCUT2D eigenvalue weighted by atomic mass is 9.79. The SMILES string of the molecule is NC(=O)c1cccc(-c2cccc(B(O)O)c2)c1.[HH].[HH].[HH].[HH]. The Hall–Kier alpha value is -2.11. The Bertz CT molecular complexity index is 599. The van der Waals surface area contributed by atoms with Gasteiger partial charge in [0.1, 0.15) is 0 Å². The highest BCUT2D eigenvalue weighted by atomic mass is 16.4. The van der Waals surface area contributed by atoms with E-state index in [1.165, 1.54) is 0 Å². The van der Waals surface area contributed by atoms with E-state index < -0.39 is 13.0 Å². The van der Waals surface area contributed by atoms with Crippen molar-refractivity contribution in [1.29, 1.82) is 0 Å². The number of hydrogen-bond acceptors (Lipinski definition) is 3. The number of rotatable bonds is 3. The van der Waals surface area contributed by atoms with Gasteiger partial charge in [-0.2, -0.15) is 0 Å². The average Bonchev–Trinajstić information content (AvgIpc) is 2.39. The number of carbonyl (C=O) groups excluding carboxylic acids is 1. The molecule has 0 aromatic heterocycles. The quantitative estimate of drug-likeness (QED) is 0.712. The van der Waals surface area contributed by atoms with Gasteiger partial charge >= 0.3 is 7.12 Å². The van der Waals surface area contributed by atoms with E-state index in [4.69, 9.17) is 15.8 Å². The van der Waals surface area contributed by atoms with Gasteiger partial charge in [0.2, 0.25) is 5.91 Å². The molecule has 0 saturated heterocycles. The van der Waals surface area contributed by atoms with Gasteiger partial charge in [-0.15, -0.1) is 0 Å². The molecule has 2 aromatic rings. The highest BCUT2D eigenvalue weighted by Gasteiger charge is 2.11. The molecule has 4 N–H and O–H groups in total. The standard InChI is InChI=1S/C13H12BNO3.4H2/c15-13(16)11-5-1-3-9(7-11)10-4-2-6-12(8-10)14(17)18;;;;/h1-8,17-18H,(H2,15,16);4*1H. The molecular formula is C13H20BNO3. The van der Waals surface area contributed by atoms with Crippen molar-refractivity contribution in [2.75, 3.05) is 0 Å². The minimum Gasteiger partial charge on any atom is -0.423 e. The third kappa shape index (κ3) is 2.59. The first-order valence-corrected chi connectivity index (χ1v) is 5.44. The van der Waals surface area contributed by atoms with Crippen LogP contribution in [0.5, 0.6) is 0 Å². The Morgan fingerprint density at radius 2 is 1.67 bits per heavy atom. The highest BCUT2D eigenvalue weighted by molar-refractivity contribution is 6.58. The molecule has 2 aromatic carbocycles. The molecule has 0 aliphatic rings. The van der Waals surface area contributed by atoms with Gasteiger partial charge in [-0.1, -0.05) is 36.4 Å². The molecule has 0 radical (unpaired) electrons. The van der Waals surface area contributed by atoms with E-state index in [-0.39, 0.29) is 5.71 Å². The number of hydrogen-bond donors (Lipinski definition) is 3. The van der Waals surface area contributed by atoms with Gasteiger partial charge in [-0.25, -0.2) is 0 Å². The fraction of sp³-hybridized carbons (Fsp3) is 0. The Morgan fingerprint density at radius 3 is 2.28 bits per heavy atom. The van der Waals surface area contributed by atoms with Crippen LogP contribution in [0.15, 0.2) is 48.5 Å². The summed E-state index contributed by atoms with van der Waals surface area (Å²) in [5.74, 6) is -0.491. The van der Waals surface area contributed by atoms with Crippen LogP contribution in [-0.2, 0) is 0 Å². The number of carbonyl (C=O) groups is 1. The van der Waals surface area contributed by atoms with Gasteiger partial charge in [-0.05, 0) is 28.7 Å². The lowest BCUT2D eigenvalue weighted by Crippen LogP contribution is -2.29. The van der Waals surface area contributed by atoms with E-state index in [9.17, 15) is 4.79 Å². The van der Waals surface area contributed by atoms with Crippen LogP contribution in [-0.4, -0.2) is 23.1 Å². The first-order valence-electron chi connectivity index (χ1n) is 5.44. The molecule has 98 valence electrons. The molecule has 0 atom stereocenters. The van der Waals surface area contributed by atoms with Crippen LogP contribution < -0.4 is 11.2 Å². The Labute approximate surface area is 111 Å². The van der Waals surface area contributed by atoms with E-state index in [0.717, 1.165) is 11.1 Å². The number of benzene rings is 2. The summed E-state index contributed by atoms with van der Waals surface area (Å²) in [6.45, 7) is 0. The zero-order valence-electron chi connectivity index (χ0n) is 9.58. The van der Waals surface area contributed by atoms with Gasteiger partial charge < -0.3 is 15.8 Å². The molecule has 0 bridgehead atoms. The molecule has 1 amide bonds. The monoisotopic (exact) mass is 249 g/mol. The molecule has 0 aliphatic carbocycles. The lowest BCUT2D eigenvalue weighted by molar-refractivity contribution is 0.100. The summed E-state index contributed by atoms with van der Waals surface area (Å²) in [5.41, 5.74) is 7.63. The highest BCUT2D eigenvalue weighted by Crippen LogP contribution is 2.19. The Morgan fingerprint density at radius 1 is 1.06 bits per heavy atom. The first kappa shape index (κ1) is 12.4. The maximum Gasteiger partial charge on any atom is 0.488 e. The minimum absolute atomic E-state index is 0. The van der Waals surface area contributed by atoms with Crippen molar-refractivity contribution < 1.29 is 20.5 Å². The van der Waals surface area contributed by atoms with Crippen molar-refractivity contribution in [3.05, 3.63) is 54.1 Å². The van der Waals surface area contributed by atoms with Gasteiger partial charge in [0.15, 0.2) is 0 Å². The molecule has 0 spiro atoms. The smallest absolute Gasteiger partial charge is 0.423 e. The van der Waals surface area contributed by atoms with Gasteiger partial charge in [0.05, 0.1) is 0 Å². The maximum absolute atomic E-state index is 11.1. The molecule has 5 heteroatoms. The average molecular weight is 249 g/mol. The largest absolute Gasteiger partial charge is 0.488 e. The van der Waals surface area contributed by atoms with Crippen molar-refractivity contribution in [3.8, 4) is 11.1 Å². The molecule has 0 unspecified atom stereocenters. The van der Waals surface area contributed by atoms with E-state index in [1.54, 1.807) is 36.4 Å². The number of amides is 1. The topological polar surface area (TPSA) is 83.6 Å². The third-order valence-corrected chi connectivity index (χ3v) is 2.67. The van der Waals surface area contributed by atoms with Gasteiger partial charge in [0.25, 0.3) is 0 Å². The van der Waals surface area contributed by atoms with Crippen LogP contribution in [0.3, 0.4) is 0 Å². The van der Waals surface area contributed by atoms with Crippen molar-refractivity contribution in [3.63, 3.8) is 0 Å².